The molecule has 0 saturated carbocycles. The van der Waals surface area contributed by atoms with Crippen molar-refractivity contribution >= 4 is 35.1 Å². The number of nitrogens with one attached hydrogen (secondary N) is 1. The van der Waals surface area contributed by atoms with Crippen LogP contribution < -0.4 is 5.32 Å². The minimum absolute atomic E-state index is 0.0197. The van der Waals surface area contributed by atoms with Gasteiger partial charge in [-0.1, -0.05) is 48.2 Å². The van der Waals surface area contributed by atoms with Gasteiger partial charge in [-0.05, 0) is 18.6 Å². The molecule has 1 N–H and O–H groups in total. The number of benzene rings is 1. The van der Waals surface area contributed by atoms with E-state index in [0.717, 1.165) is 5.56 Å². The zero-order valence-electron chi connectivity index (χ0n) is 9.91. The molecule has 5 heteroatoms. The van der Waals surface area contributed by atoms with Gasteiger partial charge in [-0.2, -0.15) is 5.10 Å². The Morgan fingerprint density at radius 3 is 2.78 bits per heavy atom. The lowest BCUT2D eigenvalue weighted by molar-refractivity contribution is -0.118. The third-order valence-corrected chi connectivity index (χ3v) is 3.25. The van der Waals surface area contributed by atoms with Crippen LogP contribution in [-0.4, -0.2) is 22.5 Å². The minimum Gasteiger partial charge on any atom is -0.303 e. The number of allylic oxidation sites excluding steroid dienone is 1. The number of amides is 1. The Balaban J connectivity index is 1.88. The van der Waals surface area contributed by atoms with Crippen molar-refractivity contribution in [3.63, 3.8) is 0 Å². The van der Waals surface area contributed by atoms with E-state index in [9.17, 15) is 4.79 Å². The summed E-state index contributed by atoms with van der Waals surface area (Å²) in [5.74, 6) is -0.0197. The zero-order chi connectivity index (χ0) is 12.8. The van der Waals surface area contributed by atoms with Crippen LogP contribution in [0.15, 0.2) is 46.6 Å². The topological polar surface area (TPSA) is 53.8 Å². The molecule has 1 atom stereocenters. The highest BCUT2D eigenvalue weighted by atomic mass is 32.2. The summed E-state index contributed by atoms with van der Waals surface area (Å²) in [6.07, 6.45) is 5.34. The number of carbonyl (C=O) groups excluding carboxylic acids is 1. The fourth-order valence-electron chi connectivity index (χ4n) is 1.35. The van der Waals surface area contributed by atoms with Gasteiger partial charge in [0.05, 0.1) is 5.25 Å². The van der Waals surface area contributed by atoms with Gasteiger partial charge in [0, 0.05) is 6.21 Å². The number of carbonyl (C=O) groups is 1. The first-order valence-electron chi connectivity index (χ1n) is 5.56. The first-order valence-corrected chi connectivity index (χ1v) is 6.44. The van der Waals surface area contributed by atoms with Gasteiger partial charge >= 0.3 is 0 Å². The molecule has 0 radical (unpaired) electrons. The second kappa shape index (κ2) is 6.16. The van der Waals surface area contributed by atoms with Crippen molar-refractivity contribution in [1.82, 2.24) is 5.32 Å². The molecule has 1 aromatic rings. The van der Waals surface area contributed by atoms with Crippen LogP contribution >= 0.6 is 11.8 Å². The summed E-state index contributed by atoms with van der Waals surface area (Å²) in [6, 6.07) is 9.93. The molecular weight excluding hydrogens is 246 g/mol. The number of thioether (sulfide) groups is 1. The van der Waals surface area contributed by atoms with Gasteiger partial charge in [-0.15, -0.1) is 5.10 Å². The molecule has 1 saturated heterocycles. The number of rotatable bonds is 3. The molecule has 18 heavy (non-hydrogen) atoms. The maximum Gasteiger partial charge on any atom is 0.239 e. The molecule has 1 aliphatic rings. The lowest BCUT2D eigenvalue weighted by Crippen LogP contribution is -2.23. The molecular formula is C13H13N3OS. The number of hydrogen-bond acceptors (Lipinski definition) is 4. The third kappa shape index (κ3) is 3.56. The summed E-state index contributed by atoms with van der Waals surface area (Å²) >= 11 is 1.38. The molecule has 0 aromatic heterocycles. The van der Waals surface area contributed by atoms with Gasteiger partial charge in [0.2, 0.25) is 5.91 Å². The quantitative estimate of drug-likeness (QED) is 0.669. The van der Waals surface area contributed by atoms with Crippen LogP contribution in [-0.2, 0) is 4.79 Å². The van der Waals surface area contributed by atoms with Crippen LogP contribution in [0.2, 0.25) is 0 Å². The molecule has 92 valence electrons. The fraction of sp³-hybridized carbons (Fsp3) is 0.154. The molecule has 1 aliphatic heterocycles. The van der Waals surface area contributed by atoms with Crippen LogP contribution in [0.4, 0.5) is 0 Å². The molecule has 4 nitrogen and oxygen atoms in total. The summed E-state index contributed by atoms with van der Waals surface area (Å²) in [4.78, 5) is 11.2. The Morgan fingerprint density at radius 2 is 2.11 bits per heavy atom. The van der Waals surface area contributed by atoms with E-state index in [2.05, 4.69) is 15.5 Å². The van der Waals surface area contributed by atoms with E-state index in [4.69, 9.17) is 0 Å². The van der Waals surface area contributed by atoms with Gasteiger partial charge < -0.3 is 5.32 Å². The predicted octanol–water partition coefficient (Wildman–Crippen LogP) is 2.29. The SMILES string of the molecule is CC1S/C(=N/N=C\C=C/c2ccccc2)NC1=O. The molecule has 0 aliphatic carbocycles. The van der Waals surface area contributed by atoms with Crippen LogP contribution in [0.25, 0.3) is 6.08 Å². The molecule has 0 bridgehead atoms. The fourth-order valence-corrected chi connectivity index (χ4v) is 2.10. The Bertz CT molecular complexity index is 508. The number of nitrogens with zero attached hydrogens (tertiary/aromatic N) is 2. The van der Waals surface area contributed by atoms with Crippen molar-refractivity contribution in [2.45, 2.75) is 12.2 Å². The standard InChI is InChI=1S/C13H13N3OS/c1-10-12(17)15-13(18-10)16-14-9-5-8-11-6-3-2-4-7-11/h2-10H,1H3,(H,15,16,17)/b8-5-,14-9-. The summed E-state index contributed by atoms with van der Waals surface area (Å²) in [5, 5.41) is 10.9. The Kier molecular flexibility index (Phi) is 4.30. The lowest BCUT2D eigenvalue weighted by atomic mass is 10.2. The summed E-state index contributed by atoms with van der Waals surface area (Å²) < 4.78 is 0. The first kappa shape index (κ1) is 12.6. The van der Waals surface area contributed by atoms with E-state index in [1.165, 1.54) is 11.8 Å². The summed E-state index contributed by atoms with van der Waals surface area (Å²) in [5.41, 5.74) is 1.11. The smallest absolute Gasteiger partial charge is 0.239 e. The third-order valence-electron chi connectivity index (χ3n) is 2.28. The minimum atomic E-state index is -0.0844. The van der Waals surface area contributed by atoms with Gasteiger partial charge in [-0.3, -0.25) is 4.79 Å². The molecule has 1 heterocycles. The van der Waals surface area contributed by atoms with Crippen LogP contribution in [0.3, 0.4) is 0 Å². The van der Waals surface area contributed by atoms with E-state index in [1.54, 1.807) is 6.21 Å². The summed E-state index contributed by atoms with van der Waals surface area (Å²) in [6.45, 7) is 1.83. The van der Waals surface area contributed by atoms with Crippen molar-refractivity contribution in [3.8, 4) is 0 Å². The second-order valence-corrected chi connectivity index (χ2v) is 5.02. The Labute approximate surface area is 110 Å². The molecule has 1 fully saturated rings. The van der Waals surface area contributed by atoms with E-state index in [-0.39, 0.29) is 11.2 Å². The summed E-state index contributed by atoms with van der Waals surface area (Å²) in [7, 11) is 0. The maximum atomic E-state index is 11.2. The van der Waals surface area contributed by atoms with Crippen molar-refractivity contribution in [1.29, 1.82) is 0 Å². The van der Waals surface area contributed by atoms with E-state index in [0.29, 0.717) is 5.17 Å². The van der Waals surface area contributed by atoms with Crippen LogP contribution in [0.5, 0.6) is 0 Å². The van der Waals surface area contributed by atoms with Crippen molar-refractivity contribution in [2.75, 3.05) is 0 Å². The average molecular weight is 259 g/mol. The van der Waals surface area contributed by atoms with Gasteiger partial charge in [-0.25, -0.2) is 0 Å². The van der Waals surface area contributed by atoms with Crippen LogP contribution in [0, 0.1) is 0 Å². The molecule has 1 amide bonds. The van der Waals surface area contributed by atoms with Gasteiger partial charge in [0.15, 0.2) is 5.17 Å². The van der Waals surface area contributed by atoms with E-state index < -0.39 is 0 Å². The molecule has 2 rings (SSSR count). The highest BCUT2D eigenvalue weighted by molar-refractivity contribution is 8.15. The van der Waals surface area contributed by atoms with Gasteiger partial charge in [0.1, 0.15) is 0 Å². The van der Waals surface area contributed by atoms with Crippen molar-refractivity contribution in [3.05, 3.63) is 42.0 Å². The average Bonchev–Trinajstić information content (AvgIpc) is 2.70. The van der Waals surface area contributed by atoms with Crippen molar-refractivity contribution < 1.29 is 4.79 Å². The normalized spacial score (nSPS) is 22.2. The number of amidine groups is 1. The number of hydrogen-bond donors (Lipinski definition) is 1. The highest BCUT2D eigenvalue weighted by Crippen LogP contribution is 2.17. The van der Waals surface area contributed by atoms with Crippen molar-refractivity contribution in [2.24, 2.45) is 10.2 Å². The highest BCUT2D eigenvalue weighted by Gasteiger charge is 2.25. The largest absolute Gasteiger partial charge is 0.303 e. The molecule has 0 spiro atoms. The second-order valence-electron chi connectivity index (χ2n) is 3.69. The zero-order valence-corrected chi connectivity index (χ0v) is 10.7. The Morgan fingerprint density at radius 1 is 1.33 bits per heavy atom. The van der Waals surface area contributed by atoms with Gasteiger partial charge in [0.25, 0.3) is 0 Å². The van der Waals surface area contributed by atoms with E-state index >= 15 is 0 Å². The maximum absolute atomic E-state index is 11.2. The molecule has 1 unspecified atom stereocenters. The first-order chi connectivity index (χ1) is 8.75. The van der Waals surface area contributed by atoms with Crippen LogP contribution in [0.1, 0.15) is 12.5 Å². The monoisotopic (exact) mass is 259 g/mol. The molecule has 1 aromatic carbocycles. The lowest BCUT2D eigenvalue weighted by Gasteiger charge is -1.89. The Hall–Kier alpha value is -1.88. The predicted molar refractivity (Wildman–Crippen MR) is 76.6 cm³/mol. The van der Waals surface area contributed by atoms with E-state index in [1.807, 2.05) is 49.4 Å².